The van der Waals surface area contributed by atoms with Crippen LogP contribution in [0.1, 0.15) is 15.2 Å². The van der Waals surface area contributed by atoms with Gasteiger partial charge in [0, 0.05) is 18.0 Å². The Morgan fingerprint density at radius 1 is 1.11 bits per heavy atom. The summed E-state index contributed by atoms with van der Waals surface area (Å²) in [6, 6.07) is 5.23. The summed E-state index contributed by atoms with van der Waals surface area (Å²) in [5.41, 5.74) is 2.01. The van der Waals surface area contributed by atoms with E-state index in [4.69, 9.17) is 11.6 Å². The second-order valence-corrected chi connectivity index (χ2v) is 5.18. The number of ketones is 1. The van der Waals surface area contributed by atoms with E-state index < -0.39 is 0 Å². The smallest absolute Gasteiger partial charge is 0.204 e. The molecule has 0 aliphatic carbocycles. The quantitative estimate of drug-likeness (QED) is 0.675. The summed E-state index contributed by atoms with van der Waals surface area (Å²) < 4.78 is 0.360. The van der Waals surface area contributed by atoms with Crippen LogP contribution in [0, 0.1) is 0 Å². The third-order valence-electron chi connectivity index (χ3n) is 2.43. The van der Waals surface area contributed by atoms with E-state index in [0.717, 1.165) is 16.9 Å². The lowest BCUT2D eigenvalue weighted by Crippen LogP contribution is -1.98. The molecule has 0 bridgehead atoms. The third-order valence-corrected chi connectivity index (χ3v) is 3.55. The number of hydrogen-bond donors (Lipinski definition) is 0. The molecule has 2 heterocycles. The number of fused-ring (bicyclic) bond motifs is 1. The van der Waals surface area contributed by atoms with Crippen molar-refractivity contribution in [1.29, 1.82) is 0 Å². The summed E-state index contributed by atoms with van der Waals surface area (Å²) in [5.74, 6) is -0.105. The van der Waals surface area contributed by atoms with Crippen molar-refractivity contribution < 1.29 is 4.79 Å². The van der Waals surface area contributed by atoms with Gasteiger partial charge in [0.2, 0.25) is 5.78 Å². The average Bonchev–Trinajstić information content (AvgIpc) is 2.84. The van der Waals surface area contributed by atoms with Gasteiger partial charge in [0.25, 0.3) is 0 Å². The third kappa shape index (κ3) is 1.98. The molecule has 0 unspecified atom stereocenters. The summed E-state index contributed by atoms with van der Waals surface area (Å²) in [6.45, 7) is 0. The van der Waals surface area contributed by atoms with Crippen LogP contribution in [0.25, 0.3) is 11.0 Å². The van der Waals surface area contributed by atoms with Crippen LogP contribution >= 0.6 is 22.9 Å². The summed E-state index contributed by atoms with van der Waals surface area (Å²) in [6.07, 6.45) is 4.70. The Kier molecular flexibility index (Phi) is 2.77. The minimum atomic E-state index is -0.105. The number of carbonyl (C=O) groups is 1. The second-order valence-electron chi connectivity index (χ2n) is 3.57. The maximum absolute atomic E-state index is 12.2. The van der Waals surface area contributed by atoms with Crippen LogP contribution in [0.3, 0.4) is 0 Å². The number of carbonyl (C=O) groups excluding carboxylic acids is 1. The first-order valence-corrected chi connectivity index (χ1v) is 6.30. The molecule has 0 saturated carbocycles. The number of hydrogen-bond acceptors (Lipinski definition) is 5. The molecule has 0 aliphatic heterocycles. The first-order chi connectivity index (χ1) is 8.74. The van der Waals surface area contributed by atoms with Crippen molar-refractivity contribution in [3.05, 3.63) is 51.7 Å². The molecule has 0 amide bonds. The van der Waals surface area contributed by atoms with E-state index in [1.807, 2.05) is 0 Å². The fourth-order valence-corrected chi connectivity index (χ4v) is 2.51. The number of aromatic nitrogens is 3. The van der Waals surface area contributed by atoms with E-state index in [2.05, 4.69) is 15.0 Å². The number of nitrogens with zero attached hydrogens (tertiary/aromatic N) is 3. The number of rotatable bonds is 2. The van der Waals surface area contributed by atoms with Crippen molar-refractivity contribution in [1.82, 2.24) is 15.0 Å². The zero-order valence-electron chi connectivity index (χ0n) is 9.00. The lowest BCUT2D eigenvalue weighted by atomic mass is 10.1. The van der Waals surface area contributed by atoms with Gasteiger partial charge in [0.1, 0.15) is 0 Å². The van der Waals surface area contributed by atoms with E-state index in [-0.39, 0.29) is 5.78 Å². The summed E-state index contributed by atoms with van der Waals surface area (Å²) in [7, 11) is 0. The highest BCUT2D eigenvalue weighted by Gasteiger charge is 2.13. The van der Waals surface area contributed by atoms with E-state index >= 15 is 0 Å². The summed E-state index contributed by atoms with van der Waals surface area (Å²) in [5, 5.41) is 0. The largest absolute Gasteiger partial charge is 0.288 e. The van der Waals surface area contributed by atoms with Crippen LogP contribution in [0.5, 0.6) is 0 Å². The van der Waals surface area contributed by atoms with Gasteiger partial charge in [0.15, 0.2) is 4.47 Å². The van der Waals surface area contributed by atoms with Gasteiger partial charge < -0.3 is 0 Å². The van der Waals surface area contributed by atoms with Crippen molar-refractivity contribution in [2.75, 3.05) is 0 Å². The molecule has 0 atom stereocenters. The number of halogens is 1. The maximum Gasteiger partial charge on any atom is 0.204 e. The Morgan fingerprint density at radius 3 is 2.61 bits per heavy atom. The molecule has 4 nitrogen and oxygen atoms in total. The van der Waals surface area contributed by atoms with Gasteiger partial charge in [-0.2, -0.15) is 0 Å². The minimum absolute atomic E-state index is 0.105. The highest BCUT2D eigenvalue weighted by molar-refractivity contribution is 7.17. The topological polar surface area (TPSA) is 55.7 Å². The Hall–Kier alpha value is -1.85. The fraction of sp³-hybridized carbons (Fsp3) is 0. The standard InChI is InChI=1S/C12H6ClN3OS/c13-12-16-6-10(18-12)11(17)7-1-2-8-9(5-7)15-4-3-14-8/h1-6H. The van der Waals surface area contributed by atoms with Gasteiger partial charge in [-0.05, 0) is 18.2 Å². The second kappa shape index (κ2) is 4.44. The number of benzene rings is 1. The first-order valence-electron chi connectivity index (χ1n) is 5.11. The lowest BCUT2D eigenvalue weighted by Gasteiger charge is -1.99. The van der Waals surface area contributed by atoms with Crippen LogP contribution in [-0.4, -0.2) is 20.7 Å². The fourth-order valence-electron chi connectivity index (χ4n) is 1.60. The molecule has 3 rings (SSSR count). The van der Waals surface area contributed by atoms with Crippen LogP contribution in [0.2, 0.25) is 4.47 Å². The van der Waals surface area contributed by atoms with Gasteiger partial charge in [-0.15, -0.1) is 0 Å². The molecule has 1 aromatic carbocycles. The van der Waals surface area contributed by atoms with Gasteiger partial charge in [-0.3, -0.25) is 14.8 Å². The molecular weight excluding hydrogens is 270 g/mol. The number of thiazole rings is 1. The molecule has 0 spiro atoms. The Morgan fingerprint density at radius 2 is 1.89 bits per heavy atom. The van der Waals surface area contributed by atoms with Crippen LogP contribution in [-0.2, 0) is 0 Å². The van der Waals surface area contributed by atoms with Crippen molar-refractivity contribution in [2.24, 2.45) is 0 Å². The monoisotopic (exact) mass is 275 g/mol. The average molecular weight is 276 g/mol. The van der Waals surface area contributed by atoms with E-state index in [0.29, 0.717) is 20.4 Å². The van der Waals surface area contributed by atoms with Crippen LogP contribution in [0.15, 0.2) is 36.8 Å². The summed E-state index contributed by atoms with van der Waals surface area (Å²) in [4.78, 5) is 24.9. The van der Waals surface area contributed by atoms with Gasteiger partial charge in [-0.1, -0.05) is 22.9 Å². The molecule has 0 N–H and O–H groups in total. The molecular formula is C12H6ClN3OS. The predicted octanol–water partition coefficient (Wildman–Crippen LogP) is 2.97. The van der Waals surface area contributed by atoms with Crippen molar-refractivity contribution >= 4 is 39.8 Å². The van der Waals surface area contributed by atoms with Crippen LogP contribution < -0.4 is 0 Å². The molecule has 88 valence electrons. The Labute approximate surface area is 111 Å². The zero-order valence-corrected chi connectivity index (χ0v) is 10.6. The van der Waals surface area contributed by atoms with E-state index in [9.17, 15) is 4.79 Å². The van der Waals surface area contributed by atoms with Crippen molar-refractivity contribution in [3.8, 4) is 0 Å². The Balaban J connectivity index is 2.06. The Bertz CT molecular complexity index is 741. The molecule has 3 aromatic rings. The highest BCUT2D eigenvalue weighted by Crippen LogP contribution is 2.22. The van der Waals surface area contributed by atoms with Gasteiger partial charge in [0.05, 0.1) is 22.1 Å². The molecule has 0 radical (unpaired) electrons. The SMILES string of the molecule is O=C(c1ccc2nccnc2c1)c1cnc(Cl)s1. The minimum Gasteiger partial charge on any atom is -0.288 e. The summed E-state index contributed by atoms with van der Waals surface area (Å²) >= 11 is 6.88. The highest BCUT2D eigenvalue weighted by atomic mass is 35.5. The first kappa shape index (κ1) is 11.3. The van der Waals surface area contributed by atoms with Crippen LogP contribution in [0.4, 0.5) is 0 Å². The molecule has 2 aromatic heterocycles. The molecule has 0 saturated heterocycles. The van der Waals surface area contributed by atoms with E-state index in [1.165, 1.54) is 6.20 Å². The van der Waals surface area contributed by atoms with Gasteiger partial charge >= 0.3 is 0 Å². The molecule has 18 heavy (non-hydrogen) atoms. The normalized spacial score (nSPS) is 10.7. The predicted molar refractivity (Wildman–Crippen MR) is 70.1 cm³/mol. The van der Waals surface area contributed by atoms with Crippen molar-refractivity contribution in [2.45, 2.75) is 0 Å². The molecule has 0 fully saturated rings. The van der Waals surface area contributed by atoms with Gasteiger partial charge in [-0.25, -0.2) is 4.98 Å². The lowest BCUT2D eigenvalue weighted by molar-refractivity contribution is 0.104. The zero-order chi connectivity index (χ0) is 12.5. The maximum atomic E-state index is 12.2. The van der Waals surface area contributed by atoms with E-state index in [1.54, 1.807) is 30.6 Å². The van der Waals surface area contributed by atoms with Crippen molar-refractivity contribution in [3.63, 3.8) is 0 Å². The molecule has 6 heteroatoms. The molecule has 0 aliphatic rings.